The lowest BCUT2D eigenvalue weighted by molar-refractivity contribution is 1.10. The van der Waals surface area contributed by atoms with Crippen LogP contribution < -0.4 is 0 Å². The van der Waals surface area contributed by atoms with Crippen LogP contribution in [0.1, 0.15) is 0 Å². The Morgan fingerprint density at radius 1 is 0.477 bits per heavy atom. The average molecular weight is 580 g/mol. The number of benzene rings is 6. The lowest BCUT2D eigenvalue weighted by Crippen LogP contribution is -2.04. The van der Waals surface area contributed by atoms with Crippen molar-refractivity contribution in [3.05, 3.63) is 156 Å². The maximum absolute atomic E-state index is 6.41. The van der Waals surface area contributed by atoms with Gasteiger partial charge in [-0.3, -0.25) is 8.97 Å². The van der Waals surface area contributed by atoms with Crippen LogP contribution in [0.5, 0.6) is 0 Å². The van der Waals surface area contributed by atoms with Crippen molar-refractivity contribution in [2.45, 2.75) is 0 Å². The van der Waals surface area contributed by atoms with Crippen molar-refractivity contribution in [3.8, 4) is 27.9 Å². The predicted molar refractivity (Wildman–Crippen MR) is 186 cm³/mol. The van der Waals surface area contributed by atoms with E-state index in [1.807, 2.05) is 0 Å². The first kappa shape index (κ1) is 25.0. The van der Waals surface area contributed by atoms with Gasteiger partial charge in [0.25, 0.3) is 0 Å². The van der Waals surface area contributed by atoms with Gasteiger partial charge < -0.3 is 0 Å². The van der Waals surface area contributed by atoms with Gasteiger partial charge in [0.15, 0.2) is 0 Å². The van der Waals surface area contributed by atoms with Crippen LogP contribution >= 0.6 is 12.2 Å². The van der Waals surface area contributed by atoms with Gasteiger partial charge >= 0.3 is 0 Å². The summed E-state index contributed by atoms with van der Waals surface area (Å²) < 4.78 is 5.37. The van der Waals surface area contributed by atoms with Crippen LogP contribution in [0, 0.1) is 4.64 Å². The fourth-order valence-electron chi connectivity index (χ4n) is 6.72. The molecule has 0 atom stereocenters. The highest BCUT2D eigenvalue weighted by Crippen LogP contribution is 2.40. The molecule has 0 unspecified atom stereocenters. The van der Waals surface area contributed by atoms with Crippen molar-refractivity contribution in [2.24, 2.45) is 0 Å². The topological polar surface area (TPSA) is 22.2 Å². The third-order valence-corrected chi connectivity index (χ3v) is 9.07. The quantitative estimate of drug-likeness (QED) is 0.153. The summed E-state index contributed by atoms with van der Waals surface area (Å²) in [5.74, 6) is 0. The Balaban J connectivity index is 1.52. The number of hydrogen-bond acceptors (Lipinski definition) is 2. The number of fused-ring (bicyclic) bond motifs is 10. The SMILES string of the molecule is S=c1c2ccccc2c2c(c3ccccc3n3c4ccccc4nc23)n1-c1cc(-c2ccccc2)cc(-c2ccccc2)c1. The molecule has 0 saturated heterocycles. The van der Waals surface area contributed by atoms with Crippen LogP contribution in [0.2, 0.25) is 0 Å². The Morgan fingerprint density at radius 3 is 1.70 bits per heavy atom. The minimum atomic E-state index is 0.780. The first-order valence-corrected chi connectivity index (χ1v) is 15.2. The molecule has 0 bridgehead atoms. The number of para-hydroxylation sites is 3. The van der Waals surface area contributed by atoms with E-state index in [0.29, 0.717) is 0 Å². The Kier molecular flexibility index (Phi) is 5.52. The summed E-state index contributed by atoms with van der Waals surface area (Å²) in [6, 6.07) is 53.5. The van der Waals surface area contributed by atoms with Crippen molar-refractivity contribution >= 4 is 61.5 Å². The minimum Gasteiger partial charge on any atom is -0.299 e. The number of imidazole rings is 1. The van der Waals surface area contributed by atoms with Crippen molar-refractivity contribution in [2.75, 3.05) is 0 Å². The maximum atomic E-state index is 6.41. The van der Waals surface area contributed by atoms with E-state index in [1.165, 1.54) is 0 Å². The molecule has 0 spiro atoms. The minimum absolute atomic E-state index is 0.780. The second kappa shape index (κ2) is 9.73. The zero-order chi connectivity index (χ0) is 29.2. The third kappa shape index (κ3) is 3.68. The Labute approximate surface area is 258 Å². The molecule has 3 heterocycles. The molecule has 4 heteroatoms. The van der Waals surface area contributed by atoms with Gasteiger partial charge in [-0.2, -0.15) is 0 Å². The van der Waals surface area contributed by atoms with Gasteiger partial charge in [0.1, 0.15) is 10.3 Å². The number of nitrogens with zero attached hydrogens (tertiary/aromatic N) is 3. The predicted octanol–water partition coefficient (Wildman–Crippen LogP) is 10.8. The summed E-state index contributed by atoms with van der Waals surface area (Å²) in [5, 5.41) is 4.36. The summed E-state index contributed by atoms with van der Waals surface area (Å²) in [6.45, 7) is 0. The monoisotopic (exact) mass is 579 g/mol. The van der Waals surface area contributed by atoms with Crippen molar-refractivity contribution in [1.29, 1.82) is 0 Å². The largest absolute Gasteiger partial charge is 0.299 e. The zero-order valence-electron chi connectivity index (χ0n) is 23.7. The van der Waals surface area contributed by atoms with Crippen LogP contribution in [-0.4, -0.2) is 14.0 Å². The second-order valence-electron chi connectivity index (χ2n) is 11.2. The first-order chi connectivity index (χ1) is 21.8. The molecule has 3 aromatic heterocycles. The Bertz CT molecular complexity index is 2560. The highest BCUT2D eigenvalue weighted by molar-refractivity contribution is 7.71. The smallest absolute Gasteiger partial charge is 0.148 e. The molecule has 44 heavy (non-hydrogen) atoms. The molecule has 0 N–H and O–H groups in total. The summed E-state index contributed by atoms with van der Waals surface area (Å²) in [4.78, 5) is 5.25. The molecule has 0 fully saturated rings. The van der Waals surface area contributed by atoms with Gasteiger partial charge in [-0.15, -0.1) is 0 Å². The summed E-state index contributed by atoms with van der Waals surface area (Å²) in [5.41, 5.74) is 10.8. The fourth-order valence-corrected chi connectivity index (χ4v) is 7.09. The third-order valence-electron chi connectivity index (χ3n) is 8.67. The fraction of sp³-hybridized carbons (Fsp3) is 0. The van der Waals surface area contributed by atoms with Crippen LogP contribution in [0.15, 0.2) is 152 Å². The van der Waals surface area contributed by atoms with Crippen LogP contribution in [0.3, 0.4) is 0 Å². The van der Waals surface area contributed by atoms with Gasteiger partial charge in [0, 0.05) is 16.5 Å². The highest BCUT2D eigenvalue weighted by Gasteiger charge is 2.20. The molecule has 0 amide bonds. The zero-order valence-corrected chi connectivity index (χ0v) is 24.5. The van der Waals surface area contributed by atoms with Gasteiger partial charge in [-0.05, 0) is 64.0 Å². The van der Waals surface area contributed by atoms with Gasteiger partial charge in [0.2, 0.25) is 0 Å². The summed E-state index contributed by atoms with van der Waals surface area (Å²) in [6.07, 6.45) is 0. The lowest BCUT2D eigenvalue weighted by atomic mass is 9.97. The van der Waals surface area contributed by atoms with E-state index in [-0.39, 0.29) is 0 Å². The number of hydrogen-bond donors (Lipinski definition) is 0. The van der Waals surface area contributed by atoms with E-state index < -0.39 is 0 Å². The van der Waals surface area contributed by atoms with Gasteiger partial charge in [0.05, 0.1) is 27.5 Å². The van der Waals surface area contributed by atoms with Crippen molar-refractivity contribution < 1.29 is 0 Å². The molecule has 9 aromatic rings. The molecular formula is C40H25N3S. The molecule has 9 rings (SSSR count). The molecule has 3 nitrogen and oxygen atoms in total. The first-order valence-electron chi connectivity index (χ1n) is 14.8. The van der Waals surface area contributed by atoms with E-state index >= 15 is 0 Å². The number of pyridine rings is 2. The summed E-state index contributed by atoms with van der Waals surface area (Å²) in [7, 11) is 0. The second-order valence-corrected chi connectivity index (χ2v) is 11.6. The van der Waals surface area contributed by atoms with Crippen LogP contribution in [0.25, 0.3) is 77.2 Å². The maximum Gasteiger partial charge on any atom is 0.148 e. The average Bonchev–Trinajstić information content (AvgIpc) is 3.49. The van der Waals surface area contributed by atoms with Crippen molar-refractivity contribution in [1.82, 2.24) is 14.0 Å². The Hall–Kier alpha value is -5.58. The molecule has 6 aromatic carbocycles. The van der Waals surface area contributed by atoms with E-state index in [0.717, 1.165) is 81.8 Å². The van der Waals surface area contributed by atoms with E-state index in [2.05, 4.69) is 161 Å². The summed E-state index contributed by atoms with van der Waals surface area (Å²) >= 11 is 6.41. The van der Waals surface area contributed by atoms with Gasteiger partial charge in [-0.25, -0.2) is 4.98 Å². The number of rotatable bonds is 3. The highest BCUT2D eigenvalue weighted by atomic mass is 32.1. The van der Waals surface area contributed by atoms with E-state index in [9.17, 15) is 0 Å². The molecule has 206 valence electrons. The Morgan fingerprint density at radius 2 is 1.02 bits per heavy atom. The molecule has 0 aliphatic heterocycles. The molecular weight excluding hydrogens is 555 g/mol. The standard InChI is InChI=1S/C40H25N3S/c44-40-32-18-8-7-17-31(32)37-38(33-19-9-11-21-35(33)43-36-22-12-10-20-34(36)41-39(37)43)42(40)30-24-28(26-13-3-1-4-14-26)23-29(25-30)27-15-5-2-6-16-27/h1-25H. The van der Waals surface area contributed by atoms with E-state index in [1.54, 1.807) is 0 Å². The van der Waals surface area contributed by atoms with Crippen LogP contribution in [0.4, 0.5) is 0 Å². The molecule has 0 saturated carbocycles. The van der Waals surface area contributed by atoms with Crippen LogP contribution in [-0.2, 0) is 0 Å². The van der Waals surface area contributed by atoms with E-state index in [4.69, 9.17) is 17.2 Å². The molecule has 0 radical (unpaired) electrons. The normalized spacial score (nSPS) is 11.7. The molecule has 0 aliphatic rings. The molecule has 0 aliphatic carbocycles. The van der Waals surface area contributed by atoms with Gasteiger partial charge in [-0.1, -0.05) is 127 Å². The lowest BCUT2D eigenvalue weighted by Gasteiger charge is -2.20. The van der Waals surface area contributed by atoms with Crippen molar-refractivity contribution in [3.63, 3.8) is 0 Å². The number of aromatic nitrogens is 3.